The average Bonchev–Trinajstić information content (AvgIpc) is 2.39. The first-order chi connectivity index (χ1) is 9.15. The number of anilines is 1. The van der Waals surface area contributed by atoms with Gasteiger partial charge in [0.15, 0.2) is 0 Å². The van der Waals surface area contributed by atoms with Crippen molar-refractivity contribution in [3.05, 3.63) is 29.8 Å². The van der Waals surface area contributed by atoms with Crippen LogP contribution in [0.1, 0.15) is 24.8 Å². The first-order valence-corrected chi connectivity index (χ1v) is 6.50. The number of hydrogen-bond acceptors (Lipinski definition) is 3. The highest BCUT2D eigenvalue weighted by Crippen LogP contribution is 2.14. The van der Waals surface area contributed by atoms with E-state index < -0.39 is 5.97 Å². The molecule has 0 saturated carbocycles. The Bertz CT molecular complexity index is 468. The second-order valence-electron chi connectivity index (χ2n) is 4.76. The zero-order valence-corrected chi connectivity index (χ0v) is 10.7. The summed E-state index contributed by atoms with van der Waals surface area (Å²) < 4.78 is 0. The SMILES string of the molecule is O=C(O)Cc1cccc(NC(=O)C2CCCCN2)c1. The molecular formula is C14H18N2O3. The lowest BCUT2D eigenvalue weighted by Gasteiger charge is -2.22. The Morgan fingerprint density at radius 1 is 1.37 bits per heavy atom. The maximum absolute atomic E-state index is 12.0. The van der Waals surface area contributed by atoms with Gasteiger partial charge in [0.25, 0.3) is 0 Å². The summed E-state index contributed by atoms with van der Waals surface area (Å²) in [6.07, 6.45) is 2.98. The summed E-state index contributed by atoms with van der Waals surface area (Å²) in [7, 11) is 0. The van der Waals surface area contributed by atoms with Gasteiger partial charge in [0.1, 0.15) is 0 Å². The molecular weight excluding hydrogens is 244 g/mol. The molecule has 19 heavy (non-hydrogen) atoms. The summed E-state index contributed by atoms with van der Waals surface area (Å²) in [5.41, 5.74) is 1.33. The first kappa shape index (κ1) is 13.5. The van der Waals surface area contributed by atoms with Crippen molar-refractivity contribution in [1.82, 2.24) is 5.32 Å². The molecule has 1 saturated heterocycles. The van der Waals surface area contributed by atoms with Crippen LogP contribution in [0, 0.1) is 0 Å². The van der Waals surface area contributed by atoms with Gasteiger partial charge in [0.2, 0.25) is 5.91 Å². The van der Waals surface area contributed by atoms with Gasteiger partial charge in [-0.3, -0.25) is 9.59 Å². The summed E-state index contributed by atoms with van der Waals surface area (Å²) in [5.74, 6) is -0.926. The molecule has 1 fully saturated rings. The normalized spacial score (nSPS) is 18.8. The highest BCUT2D eigenvalue weighted by Gasteiger charge is 2.20. The van der Waals surface area contributed by atoms with Crippen molar-refractivity contribution in [2.45, 2.75) is 31.7 Å². The molecule has 102 valence electrons. The Morgan fingerprint density at radius 3 is 2.89 bits per heavy atom. The second kappa shape index (κ2) is 6.33. The van der Waals surface area contributed by atoms with Crippen LogP contribution in [0.5, 0.6) is 0 Å². The third kappa shape index (κ3) is 4.06. The van der Waals surface area contributed by atoms with E-state index in [1.54, 1.807) is 24.3 Å². The minimum atomic E-state index is -0.877. The van der Waals surface area contributed by atoms with Crippen molar-refractivity contribution in [3.63, 3.8) is 0 Å². The number of amides is 1. The predicted molar refractivity (Wildman–Crippen MR) is 72.1 cm³/mol. The van der Waals surface area contributed by atoms with Crippen LogP contribution in [0.2, 0.25) is 0 Å². The lowest BCUT2D eigenvalue weighted by atomic mass is 10.0. The van der Waals surface area contributed by atoms with Gasteiger partial charge in [-0.15, -0.1) is 0 Å². The third-order valence-electron chi connectivity index (χ3n) is 3.18. The first-order valence-electron chi connectivity index (χ1n) is 6.50. The van der Waals surface area contributed by atoms with Crippen molar-refractivity contribution < 1.29 is 14.7 Å². The Labute approximate surface area is 112 Å². The molecule has 1 aliphatic rings. The molecule has 0 aliphatic carbocycles. The number of piperidine rings is 1. The van der Waals surface area contributed by atoms with Gasteiger partial charge in [0.05, 0.1) is 12.5 Å². The van der Waals surface area contributed by atoms with E-state index >= 15 is 0 Å². The summed E-state index contributed by atoms with van der Waals surface area (Å²) >= 11 is 0. The minimum Gasteiger partial charge on any atom is -0.481 e. The van der Waals surface area contributed by atoms with Crippen molar-refractivity contribution in [1.29, 1.82) is 0 Å². The summed E-state index contributed by atoms with van der Waals surface area (Å²) in [5, 5.41) is 14.8. The van der Waals surface area contributed by atoms with E-state index in [-0.39, 0.29) is 18.4 Å². The number of carboxylic acids is 1. The van der Waals surface area contributed by atoms with Crippen LogP contribution in [-0.2, 0) is 16.0 Å². The van der Waals surface area contributed by atoms with Crippen LogP contribution < -0.4 is 10.6 Å². The lowest BCUT2D eigenvalue weighted by molar-refractivity contribution is -0.136. The molecule has 1 unspecified atom stereocenters. The van der Waals surface area contributed by atoms with Crippen LogP contribution in [-0.4, -0.2) is 29.6 Å². The molecule has 3 N–H and O–H groups in total. The molecule has 0 aromatic heterocycles. The zero-order chi connectivity index (χ0) is 13.7. The topological polar surface area (TPSA) is 78.4 Å². The Hall–Kier alpha value is -1.88. The highest BCUT2D eigenvalue weighted by atomic mass is 16.4. The predicted octanol–water partition coefficient (Wildman–Crippen LogP) is 1.39. The van der Waals surface area contributed by atoms with Crippen molar-refractivity contribution in [3.8, 4) is 0 Å². The Morgan fingerprint density at radius 2 is 2.21 bits per heavy atom. The molecule has 1 heterocycles. The quantitative estimate of drug-likeness (QED) is 0.766. The number of carbonyl (C=O) groups is 2. The fourth-order valence-corrected chi connectivity index (χ4v) is 2.24. The van der Waals surface area contributed by atoms with Gasteiger partial charge in [0, 0.05) is 5.69 Å². The van der Waals surface area contributed by atoms with E-state index in [1.807, 2.05) is 0 Å². The third-order valence-corrected chi connectivity index (χ3v) is 3.18. The Kier molecular flexibility index (Phi) is 4.52. The fraction of sp³-hybridized carbons (Fsp3) is 0.429. The van der Waals surface area contributed by atoms with Crippen LogP contribution in [0.3, 0.4) is 0 Å². The van der Waals surface area contributed by atoms with E-state index in [9.17, 15) is 9.59 Å². The zero-order valence-electron chi connectivity index (χ0n) is 10.7. The molecule has 5 nitrogen and oxygen atoms in total. The molecule has 0 radical (unpaired) electrons. The number of carboxylic acid groups (broad SMARTS) is 1. The van der Waals surface area contributed by atoms with Gasteiger partial charge < -0.3 is 15.7 Å². The van der Waals surface area contributed by atoms with Crippen molar-refractivity contribution in [2.24, 2.45) is 0 Å². The molecule has 0 spiro atoms. The molecule has 0 bridgehead atoms. The summed E-state index contributed by atoms with van der Waals surface area (Å²) in [4.78, 5) is 22.7. The minimum absolute atomic E-state index is 0.0363. The number of aliphatic carboxylic acids is 1. The second-order valence-corrected chi connectivity index (χ2v) is 4.76. The molecule has 2 rings (SSSR count). The van der Waals surface area contributed by atoms with Crippen LogP contribution in [0.4, 0.5) is 5.69 Å². The molecule has 5 heteroatoms. The number of nitrogens with one attached hydrogen (secondary N) is 2. The smallest absolute Gasteiger partial charge is 0.307 e. The van der Waals surface area contributed by atoms with E-state index in [1.165, 1.54) is 0 Å². The summed E-state index contributed by atoms with van der Waals surface area (Å²) in [6, 6.07) is 6.82. The van der Waals surface area contributed by atoms with Gasteiger partial charge in [-0.05, 0) is 37.1 Å². The van der Waals surface area contributed by atoms with Gasteiger partial charge in [-0.2, -0.15) is 0 Å². The molecule has 1 atom stereocenters. The maximum atomic E-state index is 12.0. The van der Waals surface area contributed by atoms with Gasteiger partial charge in [-0.1, -0.05) is 18.6 Å². The standard InChI is InChI=1S/C14H18N2O3/c17-13(18)9-10-4-3-5-11(8-10)16-14(19)12-6-1-2-7-15-12/h3-5,8,12,15H,1-2,6-7,9H2,(H,16,19)(H,17,18). The Balaban J connectivity index is 1.97. The van der Waals surface area contributed by atoms with Crippen LogP contribution >= 0.6 is 0 Å². The molecule has 1 aromatic carbocycles. The summed E-state index contributed by atoms with van der Waals surface area (Å²) in [6.45, 7) is 0.872. The molecule has 1 aliphatic heterocycles. The highest BCUT2D eigenvalue weighted by molar-refractivity contribution is 5.95. The largest absolute Gasteiger partial charge is 0.481 e. The van der Waals surface area contributed by atoms with Gasteiger partial charge in [-0.25, -0.2) is 0 Å². The van der Waals surface area contributed by atoms with Crippen LogP contribution in [0.25, 0.3) is 0 Å². The van der Waals surface area contributed by atoms with E-state index in [0.717, 1.165) is 25.8 Å². The maximum Gasteiger partial charge on any atom is 0.307 e. The van der Waals surface area contributed by atoms with Crippen molar-refractivity contribution >= 4 is 17.6 Å². The number of benzene rings is 1. The van der Waals surface area contributed by atoms with Crippen LogP contribution in [0.15, 0.2) is 24.3 Å². The molecule has 1 aromatic rings. The number of rotatable bonds is 4. The average molecular weight is 262 g/mol. The monoisotopic (exact) mass is 262 g/mol. The number of carbonyl (C=O) groups excluding carboxylic acids is 1. The van der Waals surface area contributed by atoms with E-state index in [0.29, 0.717) is 11.3 Å². The molecule has 1 amide bonds. The van der Waals surface area contributed by atoms with E-state index in [2.05, 4.69) is 10.6 Å². The number of hydrogen-bond donors (Lipinski definition) is 3. The van der Waals surface area contributed by atoms with Crippen molar-refractivity contribution in [2.75, 3.05) is 11.9 Å². The fourth-order valence-electron chi connectivity index (χ4n) is 2.24. The van der Waals surface area contributed by atoms with E-state index in [4.69, 9.17) is 5.11 Å². The van der Waals surface area contributed by atoms with Gasteiger partial charge >= 0.3 is 5.97 Å². The lowest BCUT2D eigenvalue weighted by Crippen LogP contribution is -2.43.